The number of nitrogens with zero attached hydrogens (tertiary/aromatic N) is 1. The van der Waals surface area contributed by atoms with E-state index in [9.17, 15) is 0 Å². The normalized spacial score (nSPS) is 13.2. The van der Waals surface area contributed by atoms with E-state index in [0.717, 1.165) is 39.6 Å². The monoisotopic (exact) mass is 692 g/mol. The Morgan fingerprint density at radius 2 is 1.07 bits per heavy atom. The molecule has 2 aromatic heterocycles. The summed E-state index contributed by atoms with van der Waals surface area (Å²) in [4.78, 5) is 0. The predicted octanol–water partition coefficient (Wildman–Crippen LogP) is 12.5. The minimum atomic E-state index is -0.469. The maximum atomic E-state index is 6.52. The first-order valence-electron chi connectivity index (χ1n) is 18.8. The number of furan rings is 1. The summed E-state index contributed by atoms with van der Waals surface area (Å²) in [6.45, 7) is 1.43. The van der Waals surface area contributed by atoms with Crippen molar-refractivity contribution < 1.29 is 4.42 Å². The fourth-order valence-electron chi connectivity index (χ4n) is 9.26. The van der Waals surface area contributed by atoms with Gasteiger partial charge in [-0.3, -0.25) is 5.32 Å². The molecule has 0 bridgehead atoms. The van der Waals surface area contributed by atoms with Crippen LogP contribution in [0.15, 0.2) is 192 Å². The van der Waals surface area contributed by atoms with Gasteiger partial charge >= 0.3 is 0 Å². The van der Waals surface area contributed by atoms with Crippen LogP contribution in [0.5, 0.6) is 0 Å². The highest BCUT2D eigenvalue weighted by molar-refractivity contribution is 6.12. The number of aromatic nitrogens is 1. The van der Waals surface area contributed by atoms with Gasteiger partial charge in [-0.1, -0.05) is 170 Å². The summed E-state index contributed by atoms with van der Waals surface area (Å²) in [6.07, 6.45) is 0. The molecule has 0 saturated heterocycles. The van der Waals surface area contributed by atoms with Crippen molar-refractivity contribution in [3.63, 3.8) is 0 Å². The van der Waals surface area contributed by atoms with Crippen molar-refractivity contribution in [2.75, 3.05) is 0 Å². The van der Waals surface area contributed by atoms with Crippen molar-refractivity contribution >= 4 is 43.7 Å². The molecule has 3 nitrogen and oxygen atoms in total. The van der Waals surface area contributed by atoms with E-state index in [4.69, 9.17) is 4.42 Å². The molecule has 1 N–H and O–H groups in total. The Labute approximate surface area is 313 Å². The van der Waals surface area contributed by atoms with Gasteiger partial charge in [-0.25, -0.2) is 0 Å². The Hall–Kier alpha value is -6.68. The molecular formula is C51H36N2O. The quantitative estimate of drug-likeness (QED) is 0.180. The second-order valence-electron chi connectivity index (χ2n) is 14.5. The van der Waals surface area contributed by atoms with Gasteiger partial charge in [-0.2, -0.15) is 0 Å². The number of rotatable bonds is 7. The SMILES string of the molecule is c1ccc(CNCn2c3cc(-c4cccc5c4oc4ccccc45)ccc3c3ccc(C4(c5ccccc5)c5ccccc5-c5ccccc54)cc32)cc1. The van der Waals surface area contributed by atoms with Crippen molar-refractivity contribution in [2.24, 2.45) is 0 Å². The Bertz CT molecular complexity index is 2980. The standard InChI is InChI=1S/C51H36N2O/c1-3-14-34(15-4-1)32-52-33-53-47-30-35(38-21-13-22-44-43-20-9-12-25-49(43)54-50(38)44)26-28-41(47)42-29-27-37(31-48(42)53)51(36-16-5-2-6-17-36)45-23-10-7-18-39(45)40-19-8-11-24-46(40)51/h1-31,52H,32-33H2. The lowest BCUT2D eigenvalue weighted by molar-refractivity contribution is 0.582. The van der Waals surface area contributed by atoms with Gasteiger partial charge in [0.05, 0.1) is 23.1 Å². The molecule has 3 heteroatoms. The molecule has 2 heterocycles. The summed E-state index contributed by atoms with van der Waals surface area (Å²) in [7, 11) is 0. The van der Waals surface area contributed by atoms with Crippen LogP contribution in [0.1, 0.15) is 27.8 Å². The van der Waals surface area contributed by atoms with E-state index in [1.807, 2.05) is 6.07 Å². The van der Waals surface area contributed by atoms with Gasteiger partial charge in [0.2, 0.25) is 0 Å². The molecule has 0 spiro atoms. The molecule has 8 aromatic carbocycles. The topological polar surface area (TPSA) is 30.1 Å². The van der Waals surface area contributed by atoms with Crippen LogP contribution >= 0.6 is 0 Å². The fourth-order valence-corrected chi connectivity index (χ4v) is 9.26. The molecule has 1 aliphatic rings. The Balaban J connectivity index is 1.15. The van der Waals surface area contributed by atoms with Crippen LogP contribution in [-0.4, -0.2) is 4.57 Å². The lowest BCUT2D eigenvalue weighted by atomic mass is 9.67. The highest BCUT2D eigenvalue weighted by Gasteiger charge is 2.46. The summed E-state index contributed by atoms with van der Waals surface area (Å²) >= 11 is 0. The summed E-state index contributed by atoms with van der Waals surface area (Å²) in [5.74, 6) is 0. The highest BCUT2D eigenvalue weighted by atomic mass is 16.3. The molecule has 10 aromatic rings. The number of fused-ring (bicyclic) bond motifs is 9. The van der Waals surface area contributed by atoms with Crippen molar-refractivity contribution in [3.8, 4) is 22.3 Å². The van der Waals surface area contributed by atoms with E-state index < -0.39 is 5.41 Å². The molecule has 0 fully saturated rings. The average molecular weight is 693 g/mol. The first kappa shape index (κ1) is 30.9. The van der Waals surface area contributed by atoms with E-state index in [1.165, 1.54) is 60.8 Å². The summed E-state index contributed by atoms with van der Waals surface area (Å²) in [6, 6.07) is 68.6. The number of para-hydroxylation sites is 2. The third-order valence-corrected chi connectivity index (χ3v) is 11.6. The summed E-state index contributed by atoms with van der Waals surface area (Å²) in [5, 5.41) is 8.56. The number of hydrogen-bond acceptors (Lipinski definition) is 2. The zero-order valence-corrected chi connectivity index (χ0v) is 29.7. The van der Waals surface area contributed by atoms with Crippen molar-refractivity contribution in [2.45, 2.75) is 18.6 Å². The van der Waals surface area contributed by atoms with Crippen LogP contribution in [0.3, 0.4) is 0 Å². The van der Waals surface area contributed by atoms with Crippen LogP contribution in [0.2, 0.25) is 0 Å². The van der Waals surface area contributed by atoms with Gasteiger partial charge in [-0.05, 0) is 62.7 Å². The van der Waals surface area contributed by atoms with Crippen LogP contribution in [0, 0.1) is 0 Å². The second-order valence-corrected chi connectivity index (χ2v) is 14.5. The number of benzene rings is 8. The molecule has 0 unspecified atom stereocenters. The molecule has 11 rings (SSSR count). The highest BCUT2D eigenvalue weighted by Crippen LogP contribution is 2.56. The summed E-state index contributed by atoms with van der Waals surface area (Å²) in [5.41, 5.74) is 15.0. The number of hydrogen-bond donors (Lipinski definition) is 1. The van der Waals surface area contributed by atoms with Gasteiger partial charge in [0.1, 0.15) is 11.2 Å². The Morgan fingerprint density at radius 1 is 0.463 bits per heavy atom. The summed E-state index contributed by atoms with van der Waals surface area (Å²) < 4.78 is 8.99. The maximum Gasteiger partial charge on any atom is 0.143 e. The Kier molecular flexibility index (Phi) is 6.98. The van der Waals surface area contributed by atoms with Gasteiger partial charge < -0.3 is 8.98 Å². The van der Waals surface area contributed by atoms with Crippen LogP contribution in [0.4, 0.5) is 0 Å². The van der Waals surface area contributed by atoms with Crippen LogP contribution in [0.25, 0.3) is 66.0 Å². The van der Waals surface area contributed by atoms with Gasteiger partial charge in [0, 0.05) is 33.7 Å². The molecule has 54 heavy (non-hydrogen) atoms. The van der Waals surface area contributed by atoms with Crippen molar-refractivity contribution in [1.82, 2.24) is 9.88 Å². The largest absolute Gasteiger partial charge is 0.455 e. The molecule has 0 saturated carbocycles. The smallest absolute Gasteiger partial charge is 0.143 e. The second kappa shape index (κ2) is 12.2. The minimum absolute atomic E-state index is 0.469. The number of nitrogens with one attached hydrogen (secondary N) is 1. The van der Waals surface area contributed by atoms with E-state index >= 15 is 0 Å². The molecule has 1 aliphatic carbocycles. The van der Waals surface area contributed by atoms with Crippen molar-refractivity contribution in [1.29, 1.82) is 0 Å². The average Bonchev–Trinajstić information content (AvgIpc) is 3.88. The zero-order valence-electron chi connectivity index (χ0n) is 29.7. The van der Waals surface area contributed by atoms with E-state index in [1.54, 1.807) is 0 Å². The Morgan fingerprint density at radius 3 is 1.85 bits per heavy atom. The molecular weight excluding hydrogens is 657 g/mol. The van der Waals surface area contributed by atoms with Crippen molar-refractivity contribution in [3.05, 3.63) is 216 Å². The fraction of sp³-hybridized carbons (Fsp3) is 0.0588. The van der Waals surface area contributed by atoms with Crippen LogP contribution < -0.4 is 5.32 Å². The van der Waals surface area contributed by atoms with Crippen LogP contribution in [-0.2, 0) is 18.6 Å². The molecule has 256 valence electrons. The lowest BCUT2D eigenvalue weighted by Gasteiger charge is -2.34. The van der Waals surface area contributed by atoms with E-state index in [0.29, 0.717) is 6.67 Å². The van der Waals surface area contributed by atoms with E-state index in [-0.39, 0.29) is 0 Å². The van der Waals surface area contributed by atoms with Gasteiger partial charge in [0.15, 0.2) is 0 Å². The maximum absolute atomic E-state index is 6.52. The lowest BCUT2D eigenvalue weighted by Crippen LogP contribution is -2.28. The third kappa shape index (κ3) is 4.52. The van der Waals surface area contributed by atoms with E-state index in [2.05, 4.69) is 192 Å². The molecule has 0 aliphatic heterocycles. The molecule has 0 amide bonds. The zero-order chi connectivity index (χ0) is 35.6. The molecule has 0 atom stereocenters. The predicted molar refractivity (Wildman–Crippen MR) is 223 cm³/mol. The minimum Gasteiger partial charge on any atom is -0.455 e. The van der Waals surface area contributed by atoms with Gasteiger partial charge in [0.25, 0.3) is 0 Å². The molecule has 0 radical (unpaired) electrons. The first-order chi connectivity index (χ1) is 26.8. The first-order valence-corrected chi connectivity index (χ1v) is 18.8. The third-order valence-electron chi connectivity index (χ3n) is 11.6. The van der Waals surface area contributed by atoms with Gasteiger partial charge in [-0.15, -0.1) is 0 Å².